The molecule has 64 heavy (non-hydrogen) atoms. The average Bonchev–Trinajstić information content (AvgIpc) is 3.31. The maximum Gasteiger partial charge on any atom is 0.333 e. The molecule has 13 rings (SSSR count). The SMILES string of the molecule is Cc1cc2c3c(c1)N(c1cc4c(cc1C)C(C)(C)CCC4(C)C)c1cc4c(cc1B3N1c3ccccc3C(c3ccccc3)(c3ccccc3)c3cccc-2c31)Sc1ccccc1S4. The van der Waals surface area contributed by atoms with Crippen molar-refractivity contribution in [1.29, 1.82) is 0 Å². The van der Waals surface area contributed by atoms with E-state index in [0.717, 1.165) is 0 Å². The van der Waals surface area contributed by atoms with Crippen LogP contribution in [0.25, 0.3) is 11.1 Å². The number of rotatable bonds is 3. The van der Waals surface area contributed by atoms with Gasteiger partial charge in [-0.3, -0.25) is 0 Å². The summed E-state index contributed by atoms with van der Waals surface area (Å²) in [5.41, 5.74) is 22.2. The fourth-order valence-electron chi connectivity index (χ4n) is 12.3. The van der Waals surface area contributed by atoms with Crippen LogP contribution >= 0.6 is 23.5 Å². The summed E-state index contributed by atoms with van der Waals surface area (Å²) in [6.45, 7) is 14.4. The van der Waals surface area contributed by atoms with Crippen LogP contribution in [0.5, 0.6) is 0 Å². The van der Waals surface area contributed by atoms with E-state index in [0.29, 0.717) is 0 Å². The van der Waals surface area contributed by atoms with Gasteiger partial charge in [0.2, 0.25) is 0 Å². The lowest BCUT2D eigenvalue weighted by Crippen LogP contribution is -2.63. The molecule has 2 nitrogen and oxygen atoms in total. The molecular formula is C59H49BN2S2. The molecule has 0 spiro atoms. The van der Waals surface area contributed by atoms with E-state index in [-0.39, 0.29) is 17.7 Å². The standard InChI is InChI=1S/C59H49BN2S2/c1-36-30-41-40-22-17-24-43-56(40)62(47-25-14-13-23-42(47)59(43,38-18-9-7-10-19-38)39-20-11-8-12-21-39)60-46-34-53-54(64-52-27-16-15-26-51(52)63-53)35-49(46)61(50(31-36)55(41)60)48-33-45-44(32-37(48)2)57(3,4)28-29-58(45,5)6/h7-27,30-35H,28-29H2,1-6H3. The van der Waals surface area contributed by atoms with Gasteiger partial charge in [-0.2, -0.15) is 0 Å². The first-order chi connectivity index (χ1) is 31.0. The van der Waals surface area contributed by atoms with Crippen LogP contribution in [0.4, 0.5) is 28.4 Å². The largest absolute Gasteiger partial charge is 0.376 e. The van der Waals surface area contributed by atoms with Gasteiger partial charge in [-0.05, 0) is 141 Å². The molecule has 4 aliphatic heterocycles. The van der Waals surface area contributed by atoms with Crippen LogP contribution in [0.1, 0.15) is 85.0 Å². The summed E-state index contributed by atoms with van der Waals surface area (Å²) in [6, 6.07) is 63.1. The summed E-state index contributed by atoms with van der Waals surface area (Å²) in [5, 5.41) is 0. The van der Waals surface area contributed by atoms with Crippen LogP contribution in [-0.4, -0.2) is 6.85 Å². The fourth-order valence-corrected chi connectivity index (χ4v) is 14.5. The Balaban J connectivity index is 1.15. The Kier molecular flexibility index (Phi) is 8.18. The predicted molar refractivity (Wildman–Crippen MR) is 271 cm³/mol. The first kappa shape index (κ1) is 38.6. The van der Waals surface area contributed by atoms with Gasteiger partial charge in [-0.25, -0.2) is 0 Å². The van der Waals surface area contributed by atoms with Gasteiger partial charge >= 0.3 is 6.85 Å². The average molecular weight is 861 g/mol. The first-order valence-electron chi connectivity index (χ1n) is 22.9. The van der Waals surface area contributed by atoms with Crippen LogP contribution in [0.3, 0.4) is 0 Å². The molecule has 1 aliphatic carbocycles. The Morgan fingerprint density at radius 2 is 1.06 bits per heavy atom. The molecule has 5 aliphatic rings. The highest BCUT2D eigenvalue weighted by Crippen LogP contribution is 2.61. The van der Waals surface area contributed by atoms with Gasteiger partial charge in [0.25, 0.3) is 0 Å². The molecule has 8 aromatic rings. The minimum Gasteiger partial charge on any atom is -0.376 e. The third kappa shape index (κ3) is 5.20. The van der Waals surface area contributed by atoms with Crippen LogP contribution in [-0.2, 0) is 16.2 Å². The zero-order valence-electron chi connectivity index (χ0n) is 37.3. The lowest BCUT2D eigenvalue weighted by molar-refractivity contribution is 0.332. The molecule has 0 aromatic heterocycles. The van der Waals surface area contributed by atoms with E-state index in [1.54, 1.807) is 0 Å². The summed E-state index contributed by atoms with van der Waals surface area (Å²) in [5.74, 6) is 0. The minimum atomic E-state index is -0.540. The minimum absolute atomic E-state index is 0.0717. The van der Waals surface area contributed by atoms with Crippen molar-refractivity contribution < 1.29 is 0 Å². The summed E-state index contributed by atoms with van der Waals surface area (Å²) < 4.78 is 0. The molecule has 0 saturated carbocycles. The zero-order valence-corrected chi connectivity index (χ0v) is 38.9. The van der Waals surface area contributed by atoms with Crippen molar-refractivity contribution in [2.45, 2.75) is 90.2 Å². The van der Waals surface area contributed by atoms with Gasteiger partial charge in [0, 0.05) is 53.6 Å². The Hall–Kier alpha value is -5.88. The lowest BCUT2D eigenvalue weighted by Gasteiger charge is -2.53. The number of anilines is 5. The summed E-state index contributed by atoms with van der Waals surface area (Å²) >= 11 is 3.85. The van der Waals surface area contributed by atoms with E-state index in [9.17, 15) is 0 Å². The summed E-state index contributed by atoms with van der Waals surface area (Å²) in [7, 11) is 0. The third-order valence-corrected chi connectivity index (χ3v) is 17.9. The summed E-state index contributed by atoms with van der Waals surface area (Å²) in [4.78, 5) is 10.7. The van der Waals surface area contributed by atoms with Crippen molar-refractivity contribution in [2.24, 2.45) is 0 Å². The quantitative estimate of drug-likeness (QED) is 0.163. The molecule has 310 valence electrons. The molecule has 0 atom stereocenters. The maximum absolute atomic E-state index is 2.76. The van der Waals surface area contributed by atoms with E-state index in [4.69, 9.17) is 0 Å². The van der Waals surface area contributed by atoms with Gasteiger partial charge in [0.1, 0.15) is 0 Å². The second-order valence-electron chi connectivity index (χ2n) is 20.0. The highest BCUT2D eigenvalue weighted by Gasteiger charge is 2.54. The van der Waals surface area contributed by atoms with E-state index < -0.39 is 5.41 Å². The number of fused-ring (bicyclic) bond motifs is 9. The number of para-hydroxylation sites is 2. The van der Waals surface area contributed by atoms with Crippen molar-refractivity contribution in [2.75, 3.05) is 9.71 Å². The molecule has 0 radical (unpaired) electrons. The Labute approximate surface area is 386 Å². The Bertz CT molecular complexity index is 3240. The maximum atomic E-state index is 2.76. The van der Waals surface area contributed by atoms with Crippen LogP contribution < -0.4 is 20.6 Å². The molecule has 0 fully saturated rings. The predicted octanol–water partition coefficient (Wildman–Crippen LogP) is 14.7. The van der Waals surface area contributed by atoms with Gasteiger partial charge in [-0.1, -0.05) is 173 Å². The van der Waals surface area contributed by atoms with Crippen LogP contribution in [0.15, 0.2) is 183 Å². The van der Waals surface area contributed by atoms with Gasteiger partial charge in [0.05, 0.1) is 5.41 Å². The van der Waals surface area contributed by atoms with Crippen molar-refractivity contribution >= 4 is 69.7 Å². The fraction of sp³-hybridized carbons (Fsp3) is 0.186. The van der Waals surface area contributed by atoms with Gasteiger partial charge < -0.3 is 9.71 Å². The van der Waals surface area contributed by atoms with Crippen molar-refractivity contribution in [3.05, 3.63) is 208 Å². The number of benzene rings is 8. The molecule has 8 aromatic carbocycles. The first-order valence-corrected chi connectivity index (χ1v) is 24.5. The zero-order chi connectivity index (χ0) is 43.3. The van der Waals surface area contributed by atoms with E-state index in [2.05, 4.69) is 215 Å². The molecule has 0 unspecified atom stereocenters. The number of nitrogens with zero attached hydrogens (tertiary/aromatic N) is 2. The summed E-state index contributed by atoms with van der Waals surface area (Å²) in [6.07, 6.45) is 2.37. The van der Waals surface area contributed by atoms with Gasteiger partial charge in [0.15, 0.2) is 0 Å². The number of aryl methyl sites for hydroxylation is 2. The molecule has 0 bridgehead atoms. The monoisotopic (exact) mass is 860 g/mol. The van der Waals surface area contributed by atoms with Gasteiger partial charge in [-0.15, -0.1) is 0 Å². The second kappa shape index (κ2) is 13.6. The molecule has 5 heteroatoms. The molecule has 4 heterocycles. The van der Waals surface area contributed by atoms with E-state index >= 15 is 0 Å². The number of hydrogen-bond acceptors (Lipinski definition) is 4. The van der Waals surface area contributed by atoms with Crippen LogP contribution in [0, 0.1) is 13.8 Å². The smallest absolute Gasteiger partial charge is 0.333 e. The normalized spacial score (nSPS) is 17.2. The van der Waals surface area contributed by atoms with Crippen molar-refractivity contribution in [3.63, 3.8) is 0 Å². The molecule has 0 amide bonds. The number of hydrogen-bond donors (Lipinski definition) is 0. The van der Waals surface area contributed by atoms with E-state index in [1.807, 2.05) is 23.5 Å². The van der Waals surface area contributed by atoms with E-state index in [1.165, 1.54) is 127 Å². The highest BCUT2D eigenvalue weighted by molar-refractivity contribution is 8.05. The lowest BCUT2D eigenvalue weighted by atomic mass is 9.42. The Morgan fingerprint density at radius 3 is 1.75 bits per heavy atom. The van der Waals surface area contributed by atoms with Crippen LogP contribution in [0.2, 0.25) is 0 Å². The van der Waals surface area contributed by atoms with Crippen molar-refractivity contribution in [1.82, 2.24) is 0 Å². The molecular weight excluding hydrogens is 812 g/mol. The highest BCUT2D eigenvalue weighted by atomic mass is 32.2. The molecule has 0 N–H and O–H groups in total. The Morgan fingerprint density at radius 1 is 0.469 bits per heavy atom. The third-order valence-electron chi connectivity index (χ3n) is 15.4. The van der Waals surface area contributed by atoms with Crippen molar-refractivity contribution in [3.8, 4) is 11.1 Å². The topological polar surface area (TPSA) is 6.48 Å². The molecule has 0 saturated heterocycles. The second-order valence-corrected chi connectivity index (χ2v) is 22.2.